The van der Waals surface area contributed by atoms with Gasteiger partial charge in [0.25, 0.3) is 5.91 Å². The Morgan fingerprint density at radius 3 is 2.71 bits per heavy atom. The van der Waals surface area contributed by atoms with Crippen molar-refractivity contribution in [1.82, 2.24) is 0 Å². The monoisotopic (exact) mass is 344 g/mol. The Hall–Kier alpha value is -2.32. The molecule has 0 atom stereocenters. The standard InChI is InChI=1S/C16H13BrN2O2/c1-10-3-6-15(21-2)13(7-10)16(20)19-14-5-4-12(17)8-11(14)9-18/h3-8H,1-2H3,(H,19,20). The molecule has 0 aliphatic rings. The zero-order valence-corrected chi connectivity index (χ0v) is 13.2. The molecule has 2 aromatic carbocycles. The lowest BCUT2D eigenvalue weighted by Crippen LogP contribution is -2.14. The average molecular weight is 345 g/mol. The number of ether oxygens (including phenoxy) is 1. The molecule has 0 aliphatic carbocycles. The first kappa shape index (κ1) is 15.1. The second-order valence-corrected chi connectivity index (χ2v) is 5.38. The molecular formula is C16H13BrN2O2. The lowest BCUT2D eigenvalue weighted by molar-refractivity contribution is 0.102. The predicted molar refractivity (Wildman–Crippen MR) is 84.5 cm³/mol. The van der Waals surface area contributed by atoms with Crippen LogP contribution in [0.3, 0.4) is 0 Å². The number of aryl methyl sites for hydroxylation is 1. The van der Waals surface area contributed by atoms with Gasteiger partial charge in [-0.3, -0.25) is 4.79 Å². The van der Waals surface area contributed by atoms with Crippen LogP contribution in [-0.2, 0) is 0 Å². The SMILES string of the molecule is COc1ccc(C)cc1C(=O)Nc1ccc(Br)cc1C#N. The molecule has 4 nitrogen and oxygen atoms in total. The number of nitrogens with zero attached hydrogens (tertiary/aromatic N) is 1. The summed E-state index contributed by atoms with van der Waals surface area (Å²) in [6.45, 7) is 1.90. The van der Waals surface area contributed by atoms with Crippen LogP contribution in [0.4, 0.5) is 5.69 Å². The van der Waals surface area contributed by atoms with Crippen molar-refractivity contribution >= 4 is 27.5 Å². The Balaban J connectivity index is 2.35. The lowest BCUT2D eigenvalue weighted by Gasteiger charge is -2.11. The Morgan fingerprint density at radius 1 is 1.29 bits per heavy atom. The zero-order chi connectivity index (χ0) is 15.4. The number of nitriles is 1. The van der Waals surface area contributed by atoms with Crippen LogP contribution < -0.4 is 10.1 Å². The van der Waals surface area contributed by atoms with Crippen molar-refractivity contribution in [3.05, 3.63) is 57.6 Å². The number of benzene rings is 2. The minimum absolute atomic E-state index is 0.311. The Bertz CT molecular complexity index is 736. The van der Waals surface area contributed by atoms with E-state index in [1.165, 1.54) is 7.11 Å². The van der Waals surface area contributed by atoms with Gasteiger partial charge in [-0.2, -0.15) is 5.26 Å². The van der Waals surface area contributed by atoms with Crippen LogP contribution >= 0.6 is 15.9 Å². The number of carbonyl (C=O) groups is 1. The smallest absolute Gasteiger partial charge is 0.259 e. The summed E-state index contributed by atoms with van der Waals surface area (Å²) in [5.41, 5.74) is 2.25. The van der Waals surface area contributed by atoms with E-state index in [4.69, 9.17) is 10.00 Å². The molecule has 2 rings (SSSR count). The Morgan fingerprint density at radius 2 is 2.05 bits per heavy atom. The fraction of sp³-hybridized carbons (Fsp3) is 0.125. The van der Waals surface area contributed by atoms with Crippen LogP contribution in [0.25, 0.3) is 0 Å². The van der Waals surface area contributed by atoms with E-state index < -0.39 is 0 Å². The molecule has 1 amide bonds. The predicted octanol–water partition coefficient (Wildman–Crippen LogP) is 3.89. The minimum atomic E-state index is -0.311. The summed E-state index contributed by atoms with van der Waals surface area (Å²) in [7, 11) is 1.52. The molecule has 0 aliphatic heterocycles. The van der Waals surface area contributed by atoms with Crippen LogP contribution in [-0.4, -0.2) is 13.0 Å². The van der Waals surface area contributed by atoms with Crippen molar-refractivity contribution in [2.24, 2.45) is 0 Å². The molecule has 0 bridgehead atoms. The first-order valence-corrected chi connectivity index (χ1v) is 7.00. The van der Waals surface area contributed by atoms with Crippen molar-refractivity contribution in [1.29, 1.82) is 5.26 Å². The fourth-order valence-corrected chi connectivity index (χ4v) is 2.27. The number of hydrogen-bond acceptors (Lipinski definition) is 3. The third kappa shape index (κ3) is 3.41. The second-order valence-electron chi connectivity index (χ2n) is 4.46. The topological polar surface area (TPSA) is 62.1 Å². The molecule has 0 unspecified atom stereocenters. The van der Waals surface area contributed by atoms with Crippen molar-refractivity contribution in [2.45, 2.75) is 6.92 Å². The summed E-state index contributed by atoms with van der Waals surface area (Å²) in [6, 6.07) is 12.5. The maximum atomic E-state index is 12.4. The van der Waals surface area contributed by atoms with Gasteiger partial charge in [0.2, 0.25) is 0 Å². The van der Waals surface area contributed by atoms with Gasteiger partial charge in [-0.15, -0.1) is 0 Å². The van der Waals surface area contributed by atoms with Crippen LogP contribution in [0.5, 0.6) is 5.75 Å². The average Bonchev–Trinajstić information content (AvgIpc) is 2.48. The van der Waals surface area contributed by atoms with E-state index in [-0.39, 0.29) is 5.91 Å². The first-order valence-electron chi connectivity index (χ1n) is 6.21. The lowest BCUT2D eigenvalue weighted by atomic mass is 10.1. The van der Waals surface area contributed by atoms with E-state index in [0.29, 0.717) is 22.6 Å². The number of carbonyl (C=O) groups excluding carboxylic acids is 1. The van der Waals surface area contributed by atoms with Crippen LogP contribution in [0.2, 0.25) is 0 Å². The number of halogens is 1. The normalized spacial score (nSPS) is 9.81. The Kier molecular flexibility index (Phi) is 4.61. The van der Waals surface area contributed by atoms with Gasteiger partial charge in [-0.1, -0.05) is 27.6 Å². The van der Waals surface area contributed by atoms with Crippen molar-refractivity contribution < 1.29 is 9.53 Å². The van der Waals surface area contributed by atoms with E-state index in [1.807, 2.05) is 13.0 Å². The molecule has 1 N–H and O–H groups in total. The van der Waals surface area contributed by atoms with Gasteiger partial charge in [-0.25, -0.2) is 0 Å². The largest absolute Gasteiger partial charge is 0.496 e. The number of anilines is 1. The molecule has 0 heterocycles. The van der Waals surface area contributed by atoms with Crippen molar-refractivity contribution in [3.63, 3.8) is 0 Å². The van der Waals surface area contributed by atoms with Gasteiger partial charge in [0, 0.05) is 4.47 Å². The summed E-state index contributed by atoms with van der Waals surface area (Å²) in [5, 5.41) is 11.9. The molecule has 0 saturated heterocycles. The molecule has 21 heavy (non-hydrogen) atoms. The van der Waals surface area contributed by atoms with E-state index in [0.717, 1.165) is 10.0 Å². The van der Waals surface area contributed by atoms with Crippen LogP contribution in [0.15, 0.2) is 40.9 Å². The number of methoxy groups -OCH3 is 1. The number of nitrogens with one attached hydrogen (secondary N) is 1. The molecule has 106 valence electrons. The van der Waals surface area contributed by atoms with Gasteiger partial charge in [0.15, 0.2) is 0 Å². The number of amides is 1. The molecule has 5 heteroatoms. The quantitative estimate of drug-likeness (QED) is 0.918. The zero-order valence-electron chi connectivity index (χ0n) is 11.6. The summed E-state index contributed by atoms with van der Waals surface area (Å²) in [5.74, 6) is 0.183. The van der Waals surface area contributed by atoms with E-state index in [9.17, 15) is 4.79 Å². The Labute approximate surface area is 131 Å². The third-order valence-corrected chi connectivity index (χ3v) is 3.44. The molecular weight excluding hydrogens is 332 g/mol. The molecule has 0 fully saturated rings. The maximum Gasteiger partial charge on any atom is 0.259 e. The summed E-state index contributed by atoms with van der Waals surface area (Å²) in [4.78, 5) is 12.4. The van der Waals surface area contributed by atoms with Crippen molar-refractivity contribution in [3.8, 4) is 11.8 Å². The highest BCUT2D eigenvalue weighted by atomic mass is 79.9. The maximum absolute atomic E-state index is 12.4. The van der Waals surface area contributed by atoms with Crippen molar-refractivity contribution in [2.75, 3.05) is 12.4 Å². The van der Waals surface area contributed by atoms with Gasteiger partial charge in [0.1, 0.15) is 11.8 Å². The fourth-order valence-electron chi connectivity index (χ4n) is 1.91. The summed E-state index contributed by atoms with van der Waals surface area (Å²) < 4.78 is 5.98. The highest BCUT2D eigenvalue weighted by molar-refractivity contribution is 9.10. The van der Waals surface area contributed by atoms with Crippen LogP contribution in [0.1, 0.15) is 21.5 Å². The van der Waals surface area contributed by atoms with E-state index in [2.05, 4.69) is 27.3 Å². The number of rotatable bonds is 3. The van der Waals surface area contributed by atoms with Gasteiger partial charge >= 0.3 is 0 Å². The summed E-state index contributed by atoms with van der Waals surface area (Å²) in [6.07, 6.45) is 0. The minimum Gasteiger partial charge on any atom is -0.496 e. The molecule has 0 spiro atoms. The van der Waals surface area contributed by atoms with Gasteiger partial charge < -0.3 is 10.1 Å². The first-order chi connectivity index (χ1) is 10.0. The number of hydrogen-bond donors (Lipinski definition) is 1. The molecule has 2 aromatic rings. The molecule has 0 aromatic heterocycles. The van der Waals surface area contributed by atoms with Gasteiger partial charge in [-0.05, 0) is 37.3 Å². The van der Waals surface area contributed by atoms with E-state index >= 15 is 0 Å². The molecule has 0 saturated carbocycles. The highest BCUT2D eigenvalue weighted by Crippen LogP contribution is 2.24. The van der Waals surface area contributed by atoms with Gasteiger partial charge in [0.05, 0.1) is 23.9 Å². The third-order valence-electron chi connectivity index (χ3n) is 2.95. The highest BCUT2D eigenvalue weighted by Gasteiger charge is 2.14. The summed E-state index contributed by atoms with van der Waals surface area (Å²) >= 11 is 3.30. The second kappa shape index (κ2) is 6.42. The molecule has 0 radical (unpaired) electrons. The van der Waals surface area contributed by atoms with E-state index in [1.54, 1.807) is 30.3 Å². The van der Waals surface area contributed by atoms with Crippen LogP contribution in [0, 0.1) is 18.3 Å².